The monoisotopic (exact) mass is 274 g/mol. The van der Waals surface area contributed by atoms with Gasteiger partial charge in [0.2, 0.25) is 5.91 Å². The molecule has 0 heterocycles. The maximum atomic E-state index is 11.5. The van der Waals surface area contributed by atoms with E-state index in [2.05, 4.69) is 5.32 Å². The van der Waals surface area contributed by atoms with Crippen LogP contribution < -0.4 is 5.32 Å². The molecule has 0 aliphatic rings. The van der Waals surface area contributed by atoms with Gasteiger partial charge < -0.3 is 15.5 Å². The Morgan fingerprint density at radius 1 is 1.35 bits per heavy atom. The minimum Gasteiger partial charge on any atom is -0.480 e. The fourth-order valence-corrected chi connectivity index (χ4v) is 1.45. The molecule has 1 aromatic rings. The summed E-state index contributed by atoms with van der Waals surface area (Å²) >= 11 is 0. The highest BCUT2D eigenvalue weighted by atomic mass is 16.4. The molecule has 1 atom stereocenters. The molecular formula is C14H14N2O4. The molecule has 1 aromatic carbocycles. The van der Waals surface area contributed by atoms with Gasteiger partial charge >= 0.3 is 5.97 Å². The number of hydrogen-bond donors (Lipinski definition) is 3. The van der Waals surface area contributed by atoms with Crippen molar-refractivity contribution in [3.8, 4) is 6.07 Å². The number of carboxylic acids is 1. The summed E-state index contributed by atoms with van der Waals surface area (Å²) in [4.78, 5) is 22.3. The first-order valence-corrected chi connectivity index (χ1v) is 5.89. The maximum absolute atomic E-state index is 11.5. The van der Waals surface area contributed by atoms with E-state index in [-0.39, 0.29) is 13.0 Å². The van der Waals surface area contributed by atoms with Gasteiger partial charge in [0.25, 0.3) is 0 Å². The first-order chi connectivity index (χ1) is 9.56. The van der Waals surface area contributed by atoms with Crippen LogP contribution in [0.3, 0.4) is 0 Å². The number of carbonyl (C=O) groups is 2. The number of amides is 1. The van der Waals surface area contributed by atoms with Crippen LogP contribution >= 0.6 is 0 Å². The van der Waals surface area contributed by atoms with Crippen molar-refractivity contribution < 1.29 is 19.8 Å². The number of nitriles is 1. The lowest BCUT2D eigenvalue weighted by molar-refractivity contribution is -0.141. The van der Waals surface area contributed by atoms with Gasteiger partial charge in [-0.05, 0) is 23.8 Å². The van der Waals surface area contributed by atoms with Crippen molar-refractivity contribution >= 4 is 18.0 Å². The van der Waals surface area contributed by atoms with Crippen LogP contribution in [-0.2, 0) is 9.59 Å². The molecule has 3 N–H and O–H groups in total. The second-order valence-electron chi connectivity index (χ2n) is 3.98. The van der Waals surface area contributed by atoms with Crippen molar-refractivity contribution in [3.63, 3.8) is 0 Å². The molecule has 1 rings (SSSR count). The van der Waals surface area contributed by atoms with Gasteiger partial charge in [0, 0.05) is 19.1 Å². The molecule has 104 valence electrons. The Balaban J connectivity index is 2.62. The van der Waals surface area contributed by atoms with Crippen LogP contribution in [-0.4, -0.2) is 34.7 Å². The molecule has 0 fully saturated rings. The number of rotatable bonds is 6. The van der Waals surface area contributed by atoms with E-state index in [9.17, 15) is 9.59 Å². The Hall–Kier alpha value is -2.65. The minimum atomic E-state index is -1.20. The largest absolute Gasteiger partial charge is 0.480 e. The van der Waals surface area contributed by atoms with Crippen LogP contribution in [0, 0.1) is 11.3 Å². The third kappa shape index (κ3) is 4.92. The zero-order valence-electron chi connectivity index (χ0n) is 10.6. The molecule has 0 saturated carbocycles. The summed E-state index contributed by atoms with van der Waals surface area (Å²) < 4.78 is 0. The van der Waals surface area contributed by atoms with Crippen LogP contribution in [0.15, 0.2) is 30.3 Å². The fourth-order valence-electron chi connectivity index (χ4n) is 1.45. The lowest BCUT2D eigenvalue weighted by atomic mass is 10.1. The summed E-state index contributed by atoms with van der Waals surface area (Å²) in [6, 6.07) is 7.44. The van der Waals surface area contributed by atoms with Gasteiger partial charge in [-0.3, -0.25) is 4.79 Å². The quantitative estimate of drug-likeness (QED) is 0.655. The number of nitrogens with one attached hydrogen (secondary N) is 1. The maximum Gasteiger partial charge on any atom is 0.326 e. The zero-order valence-corrected chi connectivity index (χ0v) is 10.6. The van der Waals surface area contributed by atoms with Crippen molar-refractivity contribution in [1.82, 2.24) is 5.32 Å². The van der Waals surface area contributed by atoms with Crippen LogP contribution in [0.5, 0.6) is 0 Å². The van der Waals surface area contributed by atoms with Crippen LogP contribution in [0.1, 0.15) is 17.5 Å². The average Bonchev–Trinajstić information content (AvgIpc) is 2.45. The van der Waals surface area contributed by atoms with Crippen molar-refractivity contribution in [3.05, 3.63) is 41.5 Å². The van der Waals surface area contributed by atoms with Gasteiger partial charge in [-0.1, -0.05) is 12.1 Å². The Bertz CT molecular complexity index is 543. The number of carbonyl (C=O) groups excluding carboxylic acids is 1. The Labute approximate surface area is 116 Å². The van der Waals surface area contributed by atoms with Crippen molar-refractivity contribution in [1.29, 1.82) is 5.26 Å². The van der Waals surface area contributed by atoms with Gasteiger partial charge in [-0.25, -0.2) is 4.79 Å². The smallest absolute Gasteiger partial charge is 0.326 e. The van der Waals surface area contributed by atoms with Crippen molar-refractivity contribution in [2.24, 2.45) is 0 Å². The normalized spacial score (nSPS) is 11.8. The van der Waals surface area contributed by atoms with E-state index in [1.807, 2.05) is 6.07 Å². The average molecular weight is 274 g/mol. The lowest BCUT2D eigenvalue weighted by Crippen LogP contribution is -2.40. The zero-order chi connectivity index (χ0) is 15.0. The molecule has 0 aliphatic heterocycles. The molecule has 20 heavy (non-hydrogen) atoms. The van der Waals surface area contributed by atoms with Crippen LogP contribution in [0.25, 0.3) is 6.08 Å². The lowest BCUT2D eigenvalue weighted by Gasteiger charge is -2.11. The highest BCUT2D eigenvalue weighted by molar-refractivity contribution is 5.94. The van der Waals surface area contributed by atoms with Crippen molar-refractivity contribution in [2.45, 2.75) is 12.5 Å². The summed E-state index contributed by atoms with van der Waals surface area (Å²) in [6.45, 7) is -0.323. The Morgan fingerprint density at radius 3 is 2.50 bits per heavy atom. The molecule has 0 spiro atoms. The molecule has 1 unspecified atom stereocenters. The number of carboxylic acid groups (broad SMARTS) is 1. The highest BCUT2D eigenvalue weighted by Crippen LogP contribution is 2.05. The van der Waals surface area contributed by atoms with E-state index in [1.165, 1.54) is 12.2 Å². The molecule has 0 bridgehead atoms. The predicted molar refractivity (Wildman–Crippen MR) is 71.5 cm³/mol. The molecule has 0 aliphatic carbocycles. The predicted octanol–water partition coefficient (Wildman–Crippen LogP) is 0.523. The number of hydrogen-bond acceptors (Lipinski definition) is 4. The third-order valence-corrected chi connectivity index (χ3v) is 2.50. The number of aliphatic hydroxyl groups excluding tert-OH is 1. The standard InChI is InChI=1S/C14H14N2O4/c15-9-11-3-1-10(2-4-11)5-6-13(18)16-12(7-8-17)14(19)20/h1-6,12,17H,7-8H2,(H,16,18)(H,19,20). The first kappa shape index (κ1) is 15.4. The number of aliphatic carboxylic acids is 1. The SMILES string of the molecule is N#Cc1ccc(C=CC(=O)NC(CCO)C(=O)O)cc1. The van der Waals surface area contributed by atoms with E-state index >= 15 is 0 Å². The van der Waals surface area contributed by atoms with Gasteiger partial charge in [0.1, 0.15) is 6.04 Å². The fraction of sp³-hybridized carbons (Fsp3) is 0.214. The molecule has 0 aromatic heterocycles. The second kappa shape index (κ2) is 7.71. The summed E-state index contributed by atoms with van der Waals surface area (Å²) in [6.07, 6.45) is 2.66. The van der Waals surface area contributed by atoms with E-state index in [0.717, 1.165) is 0 Å². The molecule has 1 amide bonds. The minimum absolute atomic E-state index is 0.0498. The summed E-state index contributed by atoms with van der Waals surface area (Å²) in [5.74, 6) is -1.76. The first-order valence-electron chi connectivity index (χ1n) is 5.89. The Kier molecular flexibility index (Phi) is 5.94. The third-order valence-electron chi connectivity index (χ3n) is 2.50. The van der Waals surface area contributed by atoms with Gasteiger partial charge in [-0.15, -0.1) is 0 Å². The van der Waals surface area contributed by atoms with Crippen LogP contribution in [0.2, 0.25) is 0 Å². The summed E-state index contributed by atoms with van der Waals surface area (Å²) in [5.41, 5.74) is 1.23. The molecular weight excluding hydrogens is 260 g/mol. The second-order valence-corrected chi connectivity index (χ2v) is 3.98. The van der Waals surface area contributed by atoms with Crippen LogP contribution in [0.4, 0.5) is 0 Å². The van der Waals surface area contributed by atoms with Gasteiger partial charge in [-0.2, -0.15) is 5.26 Å². The van der Waals surface area contributed by atoms with Gasteiger partial charge in [0.05, 0.1) is 11.6 Å². The van der Waals surface area contributed by atoms with E-state index < -0.39 is 17.9 Å². The molecule has 0 radical (unpaired) electrons. The van der Waals surface area contributed by atoms with E-state index in [4.69, 9.17) is 15.5 Å². The number of nitrogens with zero attached hydrogens (tertiary/aromatic N) is 1. The molecule has 6 nitrogen and oxygen atoms in total. The number of benzene rings is 1. The van der Waals surface area contributed by atoms with E-state index in [1.54, 1.807) is 24.3 Å². The Morgan fingerprint density at radius 2 is 2.00 bits per heavy atom. The van der Waals surface area contributed by atoms with Gasteiger partial charge in [0.15, 0.2) is 0 Å². The number of aliphatic hydroxyl groups is 1. The topological polar surface area (TPSA) is 110 Å². The van der Waals surface area contributed by atoms with E-state index in [0.29, 0.717) is 11.1 Å². The summed E-state index contributed by atoms with van der Waals surface area (Å²) in [7, 11) is 0. The summed E-state index contributed by atoms with van der Waals surface area (Å²) in [5, 5.41) is 28.4. The highest BCUT2D eigenvalue weighted by Gasteiger charge is 2.17. The molecule has 0 saturated heterocycles. The molecule has 6 heteroatoms. The van der Waals surface area contributed by atoms with Crippen molar-refractivity contribution in [2.75, 3.05) is 6.61 Å².